The normalized spacial score (nSPS) is 40.2. The second kappa shape index (κ2) is 4.34. The third kappa shape index (κ3) is 2.04. The van der Waals surface area contributed by atoms with Crippen LogP contribution in [0.5, 0.6) is 0 Å². The van der Waals surface area contributed by atoms with E-state index in [1.807, 2.05) is 31.8 Å². The predicted octanol–water partition coefficient (Wildman–Crippen LogP) is 3.10. The maximum atomic E-state index is 10.5. The molecule has 1 heterocycles. The summed E-state index contributed by atoms with van der Waals surface area (Å²) in [6.07, 6.45) is 7.00. The monoisotopic (exact) mass is 241 g/mol. The van der Waals surface area contributed by atoms with Gasteiger partial charge in [0.2, 0.25) is 0 Å². The predicted molar refractivity (Wildman–Crippen MR) is 71.1 cm³/mol. The van der Waals surface area contributed by atoms with Crippen LogP contribution in [0.25, 0.3) is 0 Å². The van der Waals surface area contributed by atoms with Crippen LogP contribution in [0.4, 0.5) is 0 Å². The van der Waals surface area contributed by atoms with Gasteiger partial charge in [-0.25, -0.2) is 0 Å². The number of aliphatic imine (C=N–C) groups is 1. The fraction of sp³-hybridized carbons (Fsp3) is 0.923. The van der Waals surface area contributed by atoms with Crippen LogP contribution in [0.3, 0.4) is 0 Å². The highest BCUT2D eigenvalue weighted by molar-refractivity contribution is 8.01. The van der Waals surface area contributed by atoms with Gasteiger partial charge < -0.3 is 5.11 Å². The largest absolute Gasteiger partial charge is 0.387 e. The Morgan fingerprint density at radius 1 is 1.31 bits per heavy atom. The molecule has 16 heavy (non-hydrogen) atoms. The lowest BCUT2D eigenvalue weighted by Crippen LogP contribution is -2.51. The molecule has 3 heteroatoms. The number of rotatable bonds is 2. The molecule has 1 aliphatic heterocycles. The van der Waals surface area contributed by atoms with E-state index in [2.05, 4.69) is 11.9 Å². The summed E-state index contributed by atoms with van der Waals surface area (Å²) in [6, 6.07) is 0. The van der Waals surface area contributed by atoms with Gasteiger partial charge in [0.05, 0.1) is 5.60 Å². The van der Waals surface area contributed by atoms with Crippen molar-refractivity contribution in [2.45, 2.75) is 56.9 Å². The van der Waals surface area contributed by atoms with Crippen LogP contribution in [0.2, 0.25) is 0 Å². The Bertz CT molecular complexity index is 276. The summed E-state index contributed by atoms with van der Waals surface area (Å²) in [4.78, 5) is 4.40. The average Bonchev–Trinajstić information content (AvgIpc) is 2.68. The number of hydrogen-bond donors (Lipinski definition) is 1. The molecular weight excluding hydrogens is 218 g/mol. The van der Waals surface area contributed by atoms with Crippen LogP contribution >= 0.6 is 11.8 Å². The minimum absolute atomic E-state index is 0.271. The minimum Gasteiger partial charge on any atom is -0.387 e. The van der Waals surface area contributed by atoms with Gasteiger partial charge in [-0.2, -0.15) is 0 Å². The highest BCUT2D eigenvalue weighted by Crippen LogP contribution is 2.51. The van der Waals surface area contributed by atoms with E-state index < -0.39 is 5.60 Å². The molecule has 0 aromatic carbocycles. The standard InChI is InChI=1S/C13H23NOS/c1-10-4-6-11(7-5-10)13(12(2,3)15)14-8-9-16-13/h8,10-11,15H,4-7,9H2,1-3H3. The molecule has 0 aromatic heterocycles. The molecule has 1 unspecified atom stereocenters. The maximum absolute atomic E-state index is 10.5. The summed E-state index contributed by atoms with van der Waals surface area (Å²) in [7, 11) is 0. The first kappa shape index (κ1) is 12.4. The molecule has 0 amide bonds. The van der Waals surface area contributed by atoms with E-state index in [1.54, 1.807) is 0 Å². The van der Waals surface area contributed by atoms with Gasteiger partial charge in [-0.05, 0) is 38.5 Å². The van der Waals surface area contributed by atoms with Crippen molar-refractivity contribution in [3.8, 4) is 0 Å². The van der Waals surface area contributed by atoms with Crippen molar-refractivity contribution in [2.24, 2.45) is 16.8 Å². The lowest BCUT2D eigenvalue weighted by Gasteiger charge is -2.45. The van der Waals surface area contributed by atoms with E-state index in [0.29, 0.717) is 5.92 Å². The first-order valence-electron chi connectivity index (χ1n) is 6.36. The number of hydrogen-bond acceptors (Lipinski definition) is 3. The Labute approximate surface area is 103 Å². The van der Waals surface area contributed by atoms with Gasteiger partial charge in [0.15, 0.2) is 0 Å². The smallest absolute Gasteiger partial charge is 0.137 e. The number of nitrogens with zero attached hydrogens (tertiary/aromatic N) is 1. The Hall–Kier alpha value is -0.0200. The molecule has 2 rings (SSSR count). The lowest BCUT2D eigenvalue weighted by molar-refractivity contribution is 0.00561. The molecule has 0 aromatic rings. The molecule has 1 aliphatic carbocycles. The lowest BCUT2D eigenvalue weighted by atomic mass is 9.74. The quantitative estimate of drug-likeness (QED) is 0.806. The second-order valence-electron chi connectivity index (χ2n) is 5.83. The fourth-order valence-corrected chi connectivity index (χ4v) is 4.46. The van der Waals surface area contributed by atoms with E-state index in [0.717, 1.165) is 11.7 Å². The third-order valence-electron chi connectivity index (χ3n) is 4.11. The second-order valence-corrected chi connectivity index (χ2v) is 7.08. The van der Waals surface area contributed by atoms with Crippen LogP contribution in [-0.2, 0) is 0 Å². The fourth-order valence-electron chi connectivity index (χ4n) is 3.08. The molecule has 1 saturated carbocycles. The molecule has 0 spiro atoms. The first-order valence-corrected chi connectivity index (χ1v) is 7.34. The molecule has 1 fully saturated rings. The van der Waals surface area contributed by atoms with E-state index >= 15 is 0 Å². The van der Waals surface area contributed by atoms with Crippen LogP contribution in [0, 0.1) is 11.8 Å². The highest BCUT2D eigenvalue weighted by atomic mass is 32.2. The van der Waals surface area contributed by atoms with Crippen LogP contribution in [0.1, 0.15) is 46.5 Å². The summed E-state index contributed by atoms with van der Waals surface area (Å²) < 4.78 is 0. The van der Waals surface area contributed by atoms with E-state index in [-0.39, 0.29) is 4.87 Å². The molecule has 0 saturated heterocycles. The topological polar surface area (TPSA) is 32.6 Å². The van der Waals surface area contributed by atoms with Crippen molar-refractivity contribution < 1.29 is 5.11 Å². The van der Waals surface area contributed by atoms with Gasteiger partial charge >= 0.3 is 0 Å². The summed E-state index contributed by atoms with van der Waals surface area (Å²) in [5.74, 6) is 2.36. The summed E-state index contributed by atoms with van der Waals surface area (Å²) in [6.45, 7) is 6.17. The van der Waals surface area contributed by atoms with Gasteiger partial charge in [0.1, 0.15) is 4.87 Å². The van der Waals surface area contributed by atoms with Crippen LogP contribution in [-0.4, -0.2) is 27.5 Å². The van der Waals surface area contributed by atoms with Crippen molar-refractivity contribution in [1.82, 2.24) is 0 Å². The highest BCUT2D eigenvalue weighted by Gasteiger charge is 2.51. The molecule has 1 atom stereocenters. The number of aliphatic hydroxyl groups is 1. The Balaban J connectivity index is 2.17. The summed E-state index contributed by atoms with van der Waals surface area (Å²) in [5.41, 5.74) is -0.712. The molecule has 92 valence electrons. The van der Waals surface area contributed by atoms with Crippen LogP contribution in [0.15, 0.2) is 4.99 Å². The van der Waals surface area contributed by atoms with Crippen molar-refractivity contribution in [3.63, 3.8) is 0 Å². The first-order chi connectivity index (χ1) is 7.46. The Morgan fingerprint density at radius 2 is 1.94 bits per heavy atom. The van der Waals surface area contributed by atoms with Crippen molar-refractivity contribution in [1.29, 1.82) is 0 Å². The average molecular weight is 241 g/mol. The summed E-state index contributed by atoms with van der Waals surface area (Å²) in [5, 5.41) is 10.5. The molecule has 2 nitrogen and oxygen atoms in total. The van der Waals surface area contributed by atoms with Crippen molar-refractivity contribution in [2.75, 3.05) is 5.75 Å². The SMILES string of the molecule is CC1CCC(C2(C(C)(C)O)N=CCS2)CC1. The third-order valence-corrected chi connectivity index (χ3v) is 5.80. The van der Waals surface area contributed by atoms with E-state index in [9.17, 15) is 5.11 Å². The van der Waals surface area contributed by atoms with Crippen molar-refractivity contribution in [3.05, 3.63) is 0 Å². The van der Waals surface area contributed by atoms with Gasteiger partial charge in [0.25, 0.3) is 0 Å². The molecule has 0 bridgehead atoms. The number of thioether (sulfide) groups is 1. The van der Waals surface area contributed by atoms with Gasteiger partial charge in [-0.1, -0.05) is 19.8 Å². The van der Waals surface area contributed by atoms with E-state index in [1.165, 1.54) is 25.7 Å². The Kier molecular flexibility index (Phi) is 3.37. The molecule has 2 aliphatic rings. The van der Waals surface area contributed by atoms with E-state index in [4.69, 9.17) is 0 Å². The van der Waals surface area contributed by atoms with Crippen molar-refractivity contribution >= 4 is 18.0 Å². The van der Waals surface area contributed by atoms with Gasteiger partial charge in [-0.3, -0.25) is 4.99 Å². The zero-order valence-corrected chi connectivity index (χ0v) is 11.4. The maximum Gasteiger partial charge on any atom is 0.137 e. The summed E-state index contributed by atoms with van der Waals surface area (Å²) >= 11 is 1.83. The minimum atomic E-state index is -0.712. The Morgan fingerprint density at radius 3 is 2.38 bits per heavy atom. The van der Waals surface area contributed by atoms with Crippen LogP contribution < -0.4 is 0 Å². The molecule has 0 radical (unpaired) electrons. The molecule has 1 N–H and O–H groups in total. The van der Waals surface area contributed by atoms with Gasteiger partial charge in [-0.15, -0.1) is 11.8 Å². The zero-order chi connectivity index (χ0) is 11.8. The zero-order valence-electron chi connectivity index (χ0n) is 10.6. The molecular formula is C13H23NOS. The van der Waals surface area contributed by atoms with Gasteiger partial charge in [0, 0.05) is 12.0 Å².